The van der Waals surface area contributed by atoms with Crippen molar-refractivity contribution in [2.24, 2.45) is 0 Å². The summed E-state index contributed by atoms with van der Waals surface area (Å²) in [4.78, 5) is 0. The zero-order chi connectivity index (χ0) is 17.4. The molecule has 2 aromatic carbocycles. The third-order valence-corrected chi connectivity index (χ3v) is 2.99. The van der Waals surface area contributed by atoms with E-state index in [9.17, 15) is 26.3 Å². The monoisotopic (exact) mass is 334 g/mol. The molecule has 0 fully saturated rings. The normalized spacial score (nSPS) is 12.3. The third kappa shape index (κ3) is 4.40. The van der Waals surface area contributed by atoms with Crippen molar-refractivity contribution in [2.75, 3.05) is 0 Å². The molecule has 0 radical (unpaired) electrons. The fourth-order valence-electron chi connectivity index (χ4n) is 2.08. The smallest absolute Gasteiger partial charge is 0.416 e. The Morgan fingerprint density at radius 3 is 1.26 bits per heavy atom. The number of hydrogen-bond acceptors (Lipinski definition) is 1. The quantitative estimate of drug-likeness (QED) is 0.600. The molecule has 0 bridgehead atoms. The second-order valence-corrected chi connectivity index (χ2v) is 5.17. The molecule has 0 aliphatic heterocycles. The molecule has 0 unspecified atom stereocenters. The first kappa shape index (κ1) is 17.2. The molecule has 7 heteroatoms. The lowest BCUT2D eigenvalue weighted by atomic mass is 10.1. The summed E-state index contributed by atoms with van der Waals surface area (Å²) in [5, 5.41) is 0. The highest BCUT2D eigenvalue weighted by molar-refractivity contribution is 5.41. The maximum Gasteiger partial charge on any atom is 0.416 e. The first-order chi connectivity index (χ1) is 10.4. The summed E-state index contributed by atoms with van der Waals surface area (Å²) < 4.78 is 81.8. The van der Waals surface area contributed by atoms with Crippen molar-refractivity contribution in [1.82, 2.24) is 0 Å². The van der Waals surface area contributed by atoms with Gasteiger partial charge in [-0.05, 0) is 61.4 Å². The lowest BCUT2D eigenvalue weighted by Gasteiger charge is -2.14. The predicted molar refractivity (Wildman–Crippen MR) is 72.4 cm³/mol. The Morgan fingerprint density at radius 1 is 0.609 bits per heavy atom. The van der Waals surface area contributed by atoms with Crippen molar-refractivity contribution in [3.8, 4) is 11.5 Å². The molecule has 1 nitrogen and oxygen atoms in total. The molecule has 0 aliphatic rings. The number of halogens is 6. The molecule has 0 saturated carbocycles. The fourth-order valence-corrected chi connectivity index (χ4v) is 2.08. The van der Waals surface area contributed by atoms with Gasteiger partial charge in [0.2, 0.25) is 0 Å². The molecule has 2 rings (SSSR count). The summed E-state index contributed by atoms with van der Waals surface area (Å²) >= 11 is 0. The van der Waals surface area contributed by atoms with Crippen molar-refractivity contribution < 1.29 is 31.1 Å². The van der Waals surface area contributed by atoms with Crippen LogP contribution in [0.4, 0.5) is 26.3 Å². The van der Waals surface area contributed by atoms with Crippen molar-refractivity contribution in [3.63, 3.8) is 0 Å². The summed E-state index contributed by atoms with van der Waals surface area (Å²) in [6.45, 7) is 2.89. The number of hydrogen-bond donors (Lipinski definition) is 0. The number of aryl methyl sites for hydroxylation is 2. The first-order valence-electron chi connectivity index (χ1n) is 6.51. The minimum atomic E-state index is -4.56. The van der Waals surface area contributed by atoms with E-state index in [0.29, 0.717) is 11.1 Å². The standard InChI is InChI=1S/C16H12F6O/c1-9-3-11(15(17,18)19)7-13(5-9)23-14-6-10(2)4-12(8-14)16(20,21)22/h3-8H,1-2H3. The van der Waals surface area contributed by atoms with Gasteiger partial charge in [0.15, 0.2) is 0 Å². The maximum atomic E-state index is 12.8. The molecule has 0 N–H and O–H groups in total. The first-order valence-corrected chi connectivity index (χ1v) is 6.51. The van der Waals surface area contributed by atoms with Crippen LogP contribution < -0.4 is 4.74 Å². The van der Waals surface area contributed by atoms with Gasteiger partial charge in [0.25, 0.3) is 0 Å². The molecule has 23 heavy (non-hydrogen) atoms. The minimum absolute atomic E-state index is 0.170. The Hall–Kier alpha value is -2.18. The zero-order valence-corrected chi connectivity index (χ0v) is 12.1. The highest BCUT2D eigenvalue weighted by Gasteiger charge is 2.32. The van der Waals surface area contributed by atoms with E-state index in [1.807, 2.05) is 0 Å². The summed E-state index contributed by atoms with van der Waals surface area (Å²) in [5.41, 5.74) is -1.26. The van der Waals surface area contributed by atoms with Crippen LogP contribution in [0.3, 0.4) is 0 Å². The van der Waals surface area contributed by atoms with Crippen LogP contribution in [0.15, 0.2) is 36.4 Å². The molecular weight excluding hydrogens is 322 g/mol. The molecule has 0 saturated heterocycles. The highest BCUT2D eigenvalue weighted by atomic mass is 19.4. The van der Waals surface area contributed by atoms with Crippen LogP contribution in [-0.2, 0) is 12.4 Å². The molecular formula is C16H12F6O. The Bertz CT molecular complexity index is 654. The number of alkyl halides is 6. The van der Waals surface area contributed by atoms with E-state index >= 15 is 0 Å². The van der Waals surface area contributed by atoms with Crippen LogP contribution >= 0.6 is 0 Å². The molecule has 0 amide bonds. The largest absolute Gasteiger partial charge is 0.457 e. The Labute approximate surface area is 128 Å². The lowest BCUT2D eigenvalue weighted by Crippen LogP contribution is -2.06. The summed E-state index contributed by atoms with van der Waals surface area (Å²) in [6.07, 6.45) is -9.12. The average molecular weight is 334 g/mol. The van der Waals surface area contributed by atoms with E-state index in [-0.39, 0.29) is 11.5 Å². The van der Waals surface area contributed by atoms with Gasteiger partial charge in [0, 0.05) is 0 Å². The van der Waals surface area contributed by atoms with E-state index in [4.69, 9.17) is 4.74 Å². The van der Waals surface area contributed by atoms with Gasteiger partial charge in [-0.2, -0.15) is 26.3 Å². The van der Waals surface area contributed by atoms with Crippen LogP contribution in [0.2, 0.25) is 0 Å². The predicted octanol–water partition coefficient (Wildman–Crippen LogP) is 6.13. The average Bonchev–Trinajstić information content (AvgIpc) is 2.35. The summed E-state index contributed by atoms with van der Waals surface area (Å²) in [6, 6.07) is 6.02. The van der Waals surface area contributed by atoms with Crippen LogP contribution in [0.1, 0.15) is 22.3 Å². The van der Waals surface area contributed by atoms with Crippen molar-refractivity contribution >= 4 is 0 Å². The van der Waals surface area contributed by atoms with Crippen molar-refractivity contribution in [1.29, 1.82) is 0 Å². The molecule has 2 aromatic rings. The van der Waals surface area contributed by atoms with E-state index < -0.39 is 23.5 Å². The maximum absolute atomic E-state index is 12.8. The Kier molecular flexibility index (Phi) is 4.32. The Balaban J connectivity index is 2.40. The Morgan fingerprint density at radius 2 is 0.957 bits per heavy atom. The number of ether oxygens (including phenoxy) is 1. The molecule has 0 aromatic heterocycles. The second-order valence-electron chi connectivity index (χ2n) is 5.17. The second kappa shape index (κ2) is 5.79. The molecule has 124 valence electrons. The summed E-state index contributed by atoms with van der Waals surface area (Å²) in [5.74, 6) is -0.341. The SMILES string of the molecule is Cc1cc(Oc2cc(C)cc(C(F)(F)F)c2)cc(C(F)(F)F)c1. The van der Waals surface area contributed by atoms with E-state index in [1.54, 1.807) is 0 Å². The van der Waals surface area contributed by atoms with Crippen LogP contribution in [0.25, 0.3) is 0 Å². The van der Waals surface area contributed by atoms with Crippen LogP contribution in [-0.4, -0.2) is 0 Å². The van der Waals surface area contributed by atoms with Gasteiger partial charge in [0.05, 0.1) is 11.1 Å². The number of rotatable bonds is 2. The minimum Gasteiger partial charge on any atom is -0.457 e. The van der Waals surface area contributed by atoms with Gasteiger partial charge in [-0.3, -0.25) is 0 Å². The zero-order valence-electron chi connectivity index (χ0n) is 12.1. The number of benzene rings is 2. The van der Waals surface area contributed by atoms with Crippen molar-refractivity contribution in [2.45, 2.75) is 26.2 Å². The third-order valence-electron chi connectivity index (χ3n) is 2.99. The topological polar surface area (TPSA) is 9.23 Å². The van der Waals surface area contributed by atoms with Crippen LogP contribution in [0, 0.1) is 13.8 Å². The van der Waals surface area contributed by atoms with Gasteiger partial charge in [0.1, 0.15) is 11.5 Å². The fraction of sp³-hybridized carbons (Fsp3) is 0.250. The highest BCUT2D eigenvalue weighted by Crippen LogP contribution is 2.36. The lowest BCUT2D eigenvalue weighted by molar-refractivity contribution is -0.138. The van der Waals surface area contributed by atoms with Gasteiger partial charge < -0.3 is 4.74 Å². The van der Waals surface area contributed by atoms with Gasteiger partial charge in [-0.25, -0.2) is 0 Å². The molecule has 0 atom stereocenters. The van der Waals surface area contributed by atoms with Gasteiger partial charge >= 0.3 is 12.4 Å². The molecule has 0 spiro atoms. The molecule has 0 aliphatic carbocycles. The van der Waals surface area contributed by atoms with E-state index in [0.717, 1.165) is 24.3 Å². The molecule has 0 heterocycles. The van der Waals surface area contributed by atoms with E-state index in [2.05, 4.69) is 0 Å². The van der Waals surface area contributed by atoms with Crippen LogP contribution in [0.5, 0.6) is 11.5 Å². The van der Waals surface area contributed by atoms with Gasteiger partial charge in [-0.1, -0.05) is 0 Å². The van der Waals surface area contributed by atoms with Gasteiger partial charge in [-0.15, -0.1) is 0 Å². The van der Waals surface area contributed by atoms with Crippen molar-refractivity contribution in [3.05, 3.63) is 58.7 Å². The summed E-state index contributed by atoms with van der Waals surface area (Å²) in [7, 11) is 0. The van der Waals surface area contributed by atoms with E-state index in [1.165, 1.54) is 26.0 Å².